The molecule has 0 radical (unpaired) electrons. The molecule has 0 aliphatic rings. The first-order valence-electron chi connectivity index (χ1n) is 8.63. The summed E-state index contributed by atoms with van der Waals surface area (Å²) in [6.45, 7) is 0.0761. The van der Waals surface area contributed by atoms with Gasteiger partial charge < -0.3 is 5.32 Å². The maximum Gasteiger partial charge on any atom is 0.255 e. The summed E-state index contributed by atoms with van der Waals surface area (Å²) in [6, 6.07) is 18.1. The summed E-state index contributed by atoms with van der Waals surface area (Å²) in [5.41, 5.74) is 0.829. The first-order valence-corrected chi connectivity index (χ1v) is 10.5. The number of rotatable bonds is 6. The van der Waals surface area contributed by atoms with Gasteiger partial charge in [-0.05, 0) is 42.0 Å². The van der Waals surface area contributed by atoms with Gasteiger partial charge in [-0.3, -0.25) is 9.10 Å². The molecule has 0 aliphatic heterocycles. The Labute approximate surface area is 167 Å². The van der Waals surface area contributed by atoms with Crippen LogP contribution in [0.1, 0.15) is 15.9 Å². The van der Waals surface area contributed by atoms with E-state index in [9.17, 15) is 22.0 Å². The summed E-state index contributed by atoms with van der Waals surface area (Å²) in [7, 11) is -3.52. The van der Waals surface area contributed by atoms with Crippen molar-refractivity contribution in [3.8, 4) is 0 Å². The van der Waals surface area contributed by atoms with Crippen molar-refractivity contribution in [3.05, 3.63) is 95.6 Å². The number of carbonyl (C=O) groups is 1. The molecule has 0 bridgehead atoms. The Morgan fingerprint density at radius 1 is 0.897 bits per heavy atom. The van der Waals surface area contributed by atoms with E-state index in [0.717, 1.165) is 18.4 Å². The number of amides is 1. The van der Waals surface area contributed by atoms with Crippen molar-refractivity contribution < 1.29 is 22.0 Å². The predicted octanol–water partition coefficient (Wildman–Crippen LogP) is 4.18. The summed E-state index contributed by atoms with van der Waals surface area (Å²) < 4.78 is 53.0. The van der Waals surface area contributed by atoms with Crippen LogP contribution in [0.5, 0.6) is 0 Å². The normalized spacial score (nSPS) is 11.1. The molecule has 0 aromatic heterocycles. The second-order valence-electron chi connectivity index (χ2n) is 6.35. The smallest absolute Gasteiger partial charge is 0.255 e. The summed E-state index contributed by atoms with van der Waals surface area (Å²) in [5.74, 6) is -2.42. The molecule has 150 valence electrons. The highest BCUT2D eigenvalue weighted by Crippen LogP contribution is 2.21. The van der Waals surface area contributed by atoms with Crippen molar-refractivity contribution in [2.45, 2.75) is 6.54 Å². The average Bonchev–Trinajstić information content (AvgIpc) is 2.69. The van der Waals surface area contributed by atoms with Crippen molar-refractivity contribution in [2.24, 2.45) is 0 Å². The van der Waals surface area contributed by atoms with E-state index in [1.165, 1.54) is 22.5 Å². The lowest BCUT2D eigenvalue weighted by Crippen LogP contribution is -2.29. The Kier molecular flexibility index (Phi) is 5.93. The molecule has 5 nitrogen and oxygen atoms in total. The molecular formula is C21H18F2N2O3S. The van der Waals surface area contributed by atoms with E-state index >= 15 is 0 Å². The summed E-state index contributed by atoms with van der Waals surface area (Å²) >= 11 is 0. The molecule has 0 unspecified atom stereocenters. The third kappa shape index (κ3) is 4.97. The Morgan fingerprint density at radius 3 is 2.03 bits per heavy atom. The maximum atomic E-state index is 13.7. The Balaban J connectivity index is 1.78. The summed E-state index contributed by atoms with van der Waals surface area (Å²) in [6.07, 6.45) is 1.12. The van der Waals surface area contributed by atoms with E-state index in [0.29, 0.717) is 11.3 Å². The molecule has 8 heteroatoms. The van der Waals surface area contributed by atoms with Crippen molar-refractivity contribution in [2.75, 3.05) is 15.9 Å². The number of carbonyl (C=O) groups excluding carboxylic acids is 1. The molecule has 0 atom stereocenters. The molecular weight excluding hydrogens is 398 g/mol. The van der Waals surface area contributed by atoms with E-state index in [2.05, 4.69) is 5.32 Å². The summed E-state index contributed by atoms with van der Waals surface area (Å²) in [4.78, 5) is 12.3. The molecule has 29 heavy (non-hydrogen) atoms. The third-order valence-corrected chi connectivity index (χ3v) is 5.33. The molecule has 0 fully saturated rings. The topological polar surface area (TPSA) is 66.5 Å². The van der Waals surface area contributed by atoms with Gasteiger partial charge in [0, 0.05) is 5.56 Å². The highest BCUT2D eigenvalue weighted by Gasteiger charge is 2.18. The minimum absolute atomic E-state index is 0.0761. The largest absolute Gasteiger partial charge is 0.317 e. The van der Waals surface area contributed by atoms with Gasteiger partial charge in [0.15, 0.2) is 0 Å². The lowest BCUT2D eigenvalue weighted by Gasteiger charge is -2.22. The van der Waals surface area contributed by atoms with Crippen LogP contribution < -0.4 is 9.62 Å². The van der Waals surface area contributed by atoms with E-state index in [-0.39, 0.29) is 12.1 Å². The zero-order valence-electron chi connectivity index (χ0n) is 15.5. The quantitative estimate of drug-likeness (QED) is 0.656. The van der Waals surface area contributed by atoms with Crippen LogP contribution in [0, 0.1) is 11.6 Å². The zero-order valence-corrected chi connectivity index (χ0v) is 16.3. The standard InChI is InChI=1S/C21H18F2N2O3S/c1-29(27,28)25(17-6-3-2-4-7-17)14-15-10-12-16(13-11-15)21(26)24-20-18(22)8-5-9-19(20)23/h2-13H,14H2,1H3,(H,24,26). The minimum atomic E-state index is -3.52. The number of hydrogen-bond donors (Lipinski definition) is 1. The second-order valence-corrected chi connectivity index (χ2v) is 8.26. The summed E-state index contributed by atoms with van der Waals surface area (Å²) in [5, 5.41) is 2.21. The lowest BCUT2D eigenvalue weighted by atomic mass is 10.1. The molecule has 3 aromatic carbocycles. The fourth-order valence-corrected chi connectivity index (χ4v) is 3.61. The SMILES string of the molecule is CS(=O)(=O)N(Cc1ccc(C(=O)Nc2c(F)cccc2F)cc1)c1ccccc1. The van der Waals surface area contributed by atoms with Crippen LogP contribution in [-0.2, 0) is 16.6 Å². The number of nitrogens with zero attached hydrogens (tertiary/aromatic N) is 1. The maximum absolute atomic E-state index is 13.7. The molecule has 0 saturated heterocycles. The number of anilines is 2. The molecule has 1 amide bonds. The van der Waals surface area contributed by atoms with Crippen molar-refractivity contribution in [1.29, 1.82) is 0 Å². The van der Waals surface area contributed by atoms with E-state index in [1.807, 2.05) is 0 Å². The van der Waals surface area contributed by atoms with E-state index in [1.54, 1.807) is 42.5 Å². The van der Waals surface area contributed by atoms with Gasteiger partial charge in [0.1, 0.15) is 17.3 Å². The fraction of sp³-hybridized carbons (Fsp3) is 0.0952. The van der Waals surface area contributed by atoms with Crippen LogP contribution in [0.4, 0.5) is 20.2 Å². The van der Waals surface area contributed by atoms with Crippen LogP contribution in [0.15, 0.2) is 72.8 Å². The van der Waals surface area contributed by atoms with Gasteiger partial charge in [-0.2, -0.15) is 0 Å². The predicted molar refractivity (Wildman–Crippen MR) is 108 cm³/mol. The Hall–Kier alpha value is -3.26. The van der Waals surface area contributed by atoms with Gasteiger partial charge in [-0.25, -0.2) is 17.2 Å². The van der Waals surface area contributed by atoms with Gasteiger partial charge in [0.25, 0.3) is 5.91 Å². The molecule has 3 aromatic rings. The minimum Gasteiger partial charge on any atom is -0.317 e. The number of para-hydroxylation sites is 2. The van der Waals surface area contributed by atoms with Crippen LogP contribution >= 0.6 is 0 Å². The van der Waals surface area contributed by atoms with Gasteiger partial charge in [-0.15, -0.1) is 0 Å². The highest BCUT2D eigenvalue weighted by molar-refractivity contribution is 7.92. The second kappa shape index (κ2) is 8.40. The third-order valence-electron chi connectivity index (χ3n) is 4.19. The lowest BCUT2D eigenvalue weighted by molar-refractivity contribution is 0.102. The van der Waals surface area contributed by atoms with Crippen LogP contribution in [-0.4, -0.2) is 20.6 Å². The Bertz CT molecular complexity index is 1100. The van der Waals surface area contributed by atoms with E-state index < -0.39 is 33.3 Å². The Morgan fingerprint density at radius 2 is 1.48 bits per heavy atom. The first kappa shape index (κ1) is 20.5. The molecule has 0 saturated carbocycles. The molecule has 1 N–H and O–H groups in total. The van der Waals surface area contributed by atoms with Crippen molar-refractivity contribution in [3.63, 3.8) is 0 Å². The molecule has 3 rings (SSSR count). The molecule has 0 spiro atoms. The number of hydrogen-bond acceptors (Lipinski definition) is 3. The molecule has 0 heterocycles. The van der Waals surface area contributed by atoms with Crippen LogP contribution in [0.2, 0.25) is 0 Å². The van der Waals surface area contributed by atoms with Gasteiger partial charge in [0.2, 0.25) is 10.0 Å². The van der Waals surface area contributed by atoms with Crippen LogP contribution in [0.25, 0.3) is 0 Å². The number of nitrogens with one attached hydrogen (secondary N) is 1. The van der Waals surface area contributed by atoms with E-state index in [4.69, 9.17) is 0 Å². The molecule has 0 aliphatic carbocycles. The number of halogens is 2. The van der Waals surface area contributed by atoms with Gasteiger partial charge in [0.05, 0.1) is 18.5 Å². The van der Waals surface area contributed by atoms with Crippen molar-refractivity contribution >= 4 is 27.3 Å². The van der Waals surface area contributed by atoms with Gasteiger partial charge >= 0.3 is 0 Å². The van der Waals surface area contributed by atoms with Gasteiger partial charge in [-0.1, -0.05) is 36.4 Å². The first-order chi connectivity index (χ1) is 13.8. The zero-order chi connectivity index (χ0) is 21.0. The highest BCUT2D eigenvalue weighted by atomic mass is 32.2. The average molecular weight is 416 g/mol. The fourth-order valence-electron chi connectivity index (χ4n) is 2.72. The number of sulfonamides is 1. The monoisotopic (exact) mass is 416 g/mol. The van der Waals surface area contributed by atoms with Crippen LogP contribution in [0.3, 0.4) is 0 Å². The van der Waals surface area contributed by atoms with Crippen molar-refractivity contribution in [1.82, 2.24) is 0 Å². The number of benzene rings is 3.